The lowest BCUT2D eigenvalue weighted by Gasteiger charge is -2.24. The molecule has 132 valence electrons. The molecule has 1 aromatic carbocycles. The number of hydrogen-bond acceptors (Lipinski definition) is 5. The van der Waals surface area contributed by atoms with E-state index in [2.05, 4.69) is 16.0 Å². The number of fused-ring (bicyclic) bond motifs is 1. The Bertz CT molecular complexity index is 632. The first-order valence-corrected chi connectivity index (χ1v) is 8.71. The molecule has 1 aromatic rings. The smallest absolute Gasteiger partial charge is 0.238 e. The van der Waals surface area contributed by atoms with Crippen LogP contribution in [-0.4, -0.2) is 47.9 Å². The van der Waals surface area contributed by atoms with E-state index < -0.39 is 11.4 Å². The van der Waals surface area contributed by atoms with Crippen LogP contribution in [0.2, 0.25) is 5.02 Å². The summed E-state index contributed by atoms with van der Waals surface area (Å²) in [5, 5.41) is 18.5. The molecule has 6 nitrogen and oxygen atoms in total. The summed E-state index contributed by atoms with van der Waals surface area (Å²) >= 11 is 7.28. The fraction of sp³-hybridized carbons (Fsp3) is 0.467. The van der Waals surface area contributed by atoms with Crippen LogP contribution >= 0.6 is 35.8 Å². The highest BCUT2D eigenvalue weighted by molar-refractivity contribution is 8.01. The van der Waals surface area contributed by atoms with E-state index in [9.17, 15) is 14.7 Å². The number of aliphatic hydroxyl groups excluding tert-OH is 1. The predicted octanol–water partition coefficient (Wildman–Crippen LogP) is 1.26. The summed E-state index contributed by atoms with van der Waals surface area (Å²) < 4.78 is 0. The minimum absolute atomic E-state index is 0. The van der Waals surface area contributed by atoms with Crippen LogP contribution in [0.1, 0.15) is 6.42 Å². The molecule has 2 aliphatic heterocycles. The summed E-state index contributed by atoms with van der Waals surface area (Å²) in [6, 6.07) is 5.30. The van der Waals surface area contributed by atoms with Gasteiger partial charge < -0.3 is 21.1 Å². The van der Waals surface area contributed by atoms with Gasteiger partial charge >= 0.3 is 0 Å². The van der Waals surface area contributed by atoms with Crippen molar-refractivity contribution in [1.82, 2.24) is 10.6 Å². The number of carbonyl (C=O) groups is 2. The SMILES string of the molecule is Cl.O=C(CC1Sc2ccc(Cl)cc2NC1=O)NCC1CNCC1O. The summed E-state index contributed by atoms with van der Waals surface area (Å²) in [5.74, 6) is -0.355. The number of rotatable bonds is 4. The van der Waals surface area contributed by atoms with Gasteiger partial charge in [0.25, 0.3) is 0 Å². The fourth-order valence-corrected chi connectivity index (χ4v) is 3.93. The number of anilines is 1. The number of β-amino-alcohol motifs (C(OH)–C–C–N with tert-alkyl or cyclic N) is 1. The van der Waals surface area contributed by atoms with Gasteiger partial charge in [0.15, 0.2) is 0 Å². The molecule has 3 rings (SSSR count). The van der Waals surface area contributed by atoms with Crippen molar-refractivity contribution in [3.63, 3.8) is 0 Å². The summed E-state index contributed by atoms with van der Waals surface area (Å²) in [6.07, 6.45) is -0.325. The summed E-state index contributed by atoms with van der Waals surface area (Å²) in [6.45, 7) is 1.66. The first kappa shape index (κ1) is 19.3. The fourth-order valence-electron chi connectivity index (χ4n) is 2.67. The number of benzene rings is 1. The van der Waals surface area contributed by atoms with Crippen molar-refractivity contribution >= 4 is 53.3 Å². The number of aliphatic hydroxyl groups is 1. The van der Waals surface area contributed by atoms with Crippen molar-refractivity contribution in [2.75, 3.05) is 25.0 Å². The van der Waals surface area contributed by atoms with Crippen LogP contribution in [-0.2, 0) is 9.59 Å². The van der Waals surface area contributed by atoms with Crippen molar-refractivity contribution in [3.05, 3.63) is 23.2 Å². The van der Waals surface area contributed by atoms with Crippen LogP contribution in [0, 0.1) is 5.92 Å². The van der Waals surface area contributed by atoms with Crippen LogP contribution in [0.5, 0.6) is 0 Å². The van der Waals surface area contributed by atoms with Crippen molar-refractivity contribution in [2.45, 2.75) is 22.7 Å². The third-order valence-corrected chi connectivity index (χ3v) is 5.51. The molecule has 24 heavy (non-hydrogen) atoms. The Hall–Kier alpha value is -0.990. The number of nitrogens with one attached hydrogen (secondary N) is 3. The van der Waals surface area contributed by atoms with Crippen molar-refractivity contribution < 1.29 is 14.7 Å². The van der Waals surface area contributed by atoms with Gasteiger partial charge in [0.2, 0.25) is 11.8 Å². The maximum absolute atomic E-state index is 12.1. The van der Waals surface area contributed by atoms with Crippen LogP contribution in [0.15, 0.2) is 23.1 Å². The average Bonchev–Trinajstić information content (AvgIpc) is 2.91. The molecule has 3 atom stereocenters. The minimum atomic E-state index is -0.463. The van der Waals surface area contributed by atoms with Gasteiger partial charge in [-0.2, -0.15) is 0 Å². The molecule has 3 unspecified atom stereocenters. The van der Waals surface area contributed by atoms with E-state index >= 15 is 0 Å². The lowest BCUT2D eigenvalue weighted by molar-refractivity contribution is -0.124. The number of carbonyl (C=O) groups excluding carboxylic acids is 2. The molecule has 2 aliphatic rings. The second-order valence-corrected chi connectivity index (χ2v) is 7.41. The molecule has 1 fully saturated rings. The van der Waals surface area contributed by atoms with Gasteiger partial charge in [0, 0.05) is 41.9 Å². The van der Waals surface area contributed by atoms with Crippen LogP contribution in [0.4, 0.5) is 5.69 Å². The molecule has 0 spiro atoms. The largest absolute Gasteiger partial charge is 0.391 e. The quantitative estimate of drug-likeness (QED) is 0.620. The predicted molar refractivity (Wildman–Crippen MR) is 97.0 cm³/mol. The monoisotopic (exact) mass is 391 g/mol. The summed E-state index contributed by atoms with van der Waals surface area (Å²) in [7, 11) is 0. The number of halogens is 2. The van der Waals surface area contributed by atoms with E-state index in [4.69, 9.17) is 11.6 Å². The Morgan fingerprint density at radius 2 is 2.21 bits per heavy atom. The van der Waals surface area contributed by atoms with E-state index in [1.807, 2.05) is 6.07 Å². The van der Waals surface area contributed by atoms with E-state index in [1.165, 1.54) is 11.8 Å². The highest BCUT2D eigenvalue weighted by atomic mass is 35.5. The Balaban J connectivity index is 0.00000208. The highest BCUT2D eigenvalue weighted by Gasteiger charge is 2.30. The van der Waals surface area contributed by atoms with Gasteiger partial charge in [-0.25, -0.2) is 0 Å². The number of thioether (sulfide) groups is 1. The van der Waals surface area contributed by atoms with Crippen molar-refractivity contribution in [2.24, 2.45) is 5.92 Å². The molecule has 0 saturated carbocycles. The van der Waals surface area contributed by atoms with Gasteiger partial charge in [-0.15, -0.1) is 24.2 Å². The molecule has 0 aliphatic carbocycles. The van der Waals surface area contributed by atoms with Crippen LogP contribution in [0.25, 0.3) is 0 Å². The zero-order valence-electron chi connectivity index (χ0n) is 12.8. The molecule has 2 heterocycles. The maximum atomic E-state index is 12.1. The molecule has 0 bridgehead atoms. The molecule has 2 amide bonds. The van der Waals surface area contributed by atoms with Gasteiger partial charge in [-0.3, -0.25) is 9.59 Å². The maximum Gasteiger partial charge on any atom is 0.238 e. The number of amides is 2. The third kappa shape index (κ3) is 4.55. The molecular weight excluding hydrogens is 373 g/mol. The molecule has 0 aromatic heterocycles. The molecular formula is C15H19Cl2N3O3S. The Labute approximate surface area is 155 Å². The van der Waals surface area contributed by atoms with Crippen LogP contribution in [0.3, 0.4) is 0 Å². The standard InChI is InChI=1S/C15H18ClN3O3S.ClH/c16-9-1-2-12-10(3-9)19-15(22)13(23-12)4-14(21)18-6-8-5-17-7-11(8)20;/h1-3,8,11,13,17,20H,4-7H2,(H,18,21)(H,19,22);1H. The van der Waals surface area contributed by atoms with Gasteiger partial charge in [-0.1, -0.05) is 11.6 Å². The van der Waals surface area contributed by atoms with E-state index in [0.717, 1.165) is 4.90 Å². The first-order valence-electron chi connectivity index (χ1n) is 7.45. The normalized spacial score (nSPS) is 25.4. The van der Waals surface area contributed by atoms with E-state index in [0.29, 0.717) is 30.3 Å². The van der Waals surface area contributed by atoms with Gasteiger partial charge in [0.05, 0.1) is 17.0 Å². The third-order valence-electron chi connectivity index (χ3n) is 4.00. The average molecular weight is 392 g/mol. The zero-order chi connectivity index (χ0) is 16.4. The molecule has 1 saturated heterocycles. The first-order chi connectivity index (χ1) is 11.0. The second kappa shape index (κ2) is 8.40. The molecule has 4 N–H and O–H groups in total. The summed E-state index contributed by atoms with van der Waals surface area (Å²) in [5.41, 5.74) is 0.685. The summed E-state index contributed by atoms with van der Waals surface area (Å²) in [4.78, 5) is 25.1. The van der Waals surface area contributed by atoms with Crippen LogP contribution < -0.4 is 16.0 Å². The Morgan fingerprint density at radius 3 is 2.92 bits per heavy atom. The second-order valence-electron chi connectivity index (χ2n) is 5.73. The highest BCUT2D eigenvalue weighted by Crippen LogP contribution is 2.38. The lowest BCUT2D eigenvalue weighted by Crippen LogP contribution is -2.38. The van der Waals surface area contributed by atoms with Crippen molar-refractivity contribution in [1.29, 1.82) is 0 Å². The van der Waals surface area contributed by atoms with Crippen molar-refractivity contribution in [3.8, 4) is 0 Å². The van der Waals surface area contributed by atoms with Gasteiger partial charge in [0.1, 0.15) is 0 Å². The zero-order valence-corrected chi connectivity index (χ0v) is 15.1. The lowest BCUT2D eigenvalue weighted by atomic mass is 10.1. The number of hydrogen-bond donors (Lipinski definition) is 4. The van der Waals surface area contributed by atoms with Gasteiger partial charge in [-0.05, 0) is 18.2 Å². The molecule has 9 heteroatoms. The Morgan fingerprint density at radius 1 is 1.42 bits per heavy atom. The van der Waals surface area contributed by atoms with E-state index in [-0.39, 0.29) is 36.6 Å². The van der Waals surface area contributed by atoms with E-state index in [1.54, 1.807) is 12.1 Å². The topological polar surface area (TPSA) is 90.5 Å². The Kier molecular flexibility index (Phi) is 6.77. The molecule has 0 radical (unpaired) electrons. The minimum Gasteiger partial charge on any atom is -0.391 e.